The Balaban J connectivity index is 1.58. The second-order valence-corrected chi connectivity index (χ2v) is 16.7. The van der Waals surface area contributed by atoms with E-state index in [1.165, 1.54) is 7.11 Å². The molecule has 5 rings (SSSR count). The van der Waals surface area contributed by atoms with E-state index in [1.54, 1.807) is 29.2 Å². The molecule has 12 heteroatoms. The number of hydrazine groups is 1. The first kappa shape index (κ1) is 29.2. The van der Waals surface area contributed by atoms with E-state index in [9.17, 15) is 14.4 Å². The zero-order chi connectivity index (χ0) is 30.6. The number of nitrogens with one attached hydrogen (secondary N) is 2. The number of rotatable bonds is 7. The Labute approximate surface area is 244 Å². The van der Waals surface area contributed by atoms with Gasteiger partial charge in [0.2, 0.25) is 0 Å². The number of aromatic amines is 1. The summed E-state index contributed by atoms with van der Waals surface area (Å²) in [6.45, 7) is 12.8. The highest BCUT2D eigenvalue weighted by molar-refractivity contribution is 6.74. The molecule has 222 valence electrons. The van der Waals surface area contributed by atoms with E-state index in [4.69, 9.17) is 24.2 Å². The molecule has 1 aliphatic heterocycles. The Morgan fingerprint density at radius 2 is 1.90 bits per heavy atom. The first-order chi connectivity index (χ1) is 19.8. The molecule has 0 saturated carbocycles. The number of hydrogen-bond donors (Lipinski definition) is 3. The SMILES string of the molecule is COC(=O)c1c(C)[nH]c2c(O[Si](C)(C)C(C)(C)C)cc3c(c12)CCN3C(=O)c1cc2cc(OCC(=O)NN)ccc2o1. The maximum atomic E-state index is 13.9. The number of amides is 2. The zero-order valence-corrected chi connectivity index (χ0v) is 25.9. The summed E-state index contributed by atoms with van der Waals surface area (Å²) < 4.78 is 23.3. The van der Waals surface area contributed by atoms with Crippen LogP contribution in [0.2, 0.25) is 18.1 Å². The molecule has 0 fully saturated rings. The molecular formula is C30H36N4O7Si. The molecule has 4 N–H and O–H groups in total. The van der Waals surface area contributed by atoms with Gasteiger partial charge in [-0.3, -0.25) is 15.0 Å². The third-order valence-electron chi connectivity index (χ3n) is 8.22. The highest BCUT2D eigenvalue weighted by Gasteiger charge is 2.41. The third-order valence-corrected chi connectivity index (χ3v) is 12.6. The summed E-state index contributed by atoms with van der Waals surface area (Å²) in [4.78, 5) is 43.3. The highest BCUT2D eigenvalue weighted by Crippen LogP contribution is 2.46. The van der Waals surface area contributed by atoms with Crippen molar-refractivity contribution in [2.75, 3.05) is 25.2 Å². The van der Waals surface area contributed by atoms with Crippen LogP contribution >= 0.6 is 0 Å². The number of furan rings is 1. The molecule has 0 atom stereocenters. The van der Waals surface area contributed by atoms with Crippen molar-refractivity contribution in [2.45, 2.75) is 52.2 Å². The molecule has 0 radical (unpaired) electrons. The lowest BCUT2D eigenvalue weighted by molar-refractivity contribution is -0.123. The molecule has 3 heterocycles. The molecule has 0 spiro atoms. The van der Waals surface area contributed by atoms with Gasteiger partial charge in [0.05, 0.1) is 23.9 Å². The van der Waals surface area contributed by atoms with Crippen LogP contribution in [-0.2, 0) is 16.0 Å². The van der Waals surface area contributed by atoms with E-state index in [0.29, 0.717) is 57.8 Å². The van der Waals surface area contributed by atoms with Gasteiger partial charge in [0.25, 0.3) is 20.1 Å². The molecule has 1 aliphatic rings. The lowest BCUT2D eigenvalue weighted by Crippen LogP contribution is -2.44. The molecule has 42 heavy (non-hydrogen) atoms. The second kappa shape index (κ2) is 10.5. The van der Waals surface area contributed by atoms with E-state index in [0.717, 1.165) is 11.1 Å². The van der Waals surface area contributed by atoms with E-state index >= 15 is 0 Å². The lowest BCUT2D eigenvalue weighted by Gasteiger charge is -2.36. The summed E-state index contributed by atoms with van der Waals surface area (Å²) in [7, 11) is -0.940. The number of methoxy groups -OCH3 is 1. The van der Waals surface area contributed by atoms with Gasteiger partial charge in [0.1, 0.15) is 17.1 Å². The number of carbonyl (C=O) groups is 3. The van der Waals surface area contributed by atoms with Crippen molar-refractivity contribution in [1.29, 1.82) is 0 Å². The van der Waals surface area contributed by atoms with Crippen LogP contribution in [0.15, 0.2) is 34.7 Å². The van der Waals surface area contributed by atoms with Gasteiger partial charge in [-0.05, 0) is 61.3 Å². The number of aromatic nitrogens is 1. The maximum absolute atomic E-state index is 13.9. The fourth-order valence-corrected chi connectivity index (χ4v) is 5.99. The van der Waals surface area contributed by atoms with Crippen LogP contribution < -0.4 is 25.3 Å². The minimum absolute atomic E-state index is 0.0778. The van der Waals surface area contributed by atoms with Gasteiger partial charge in [0.15, 0.2) is 12.4 Å². The quantitative estimate of drug-likeness (QED) is 0.0896. The molecule has 0 saturated heterocycles. The van der Waals surface area contributed by atoms with E-state index in [1.807, 2.05) is 18.4 Å². The third kappa shape index (κ3) is 5.00. The number of ether oxygens (including phenoxy) is 2. The number of esters is 1. The van der Waals surface area contributed by atoms with Crippen molar-refractivity contribution in [3.8, 4) is 11.5 Å². The largest absolute Gasteiger partial charge is 0.542 e. The standard InChI is InChI=1S/C30H36N4O7Si/c1-16-25(29(37)38-5)26-19-10-11-34(20(19)14-22(27(26)32-16)41-42(6,7)30(2,3)4)28(36)23-13-17-12-18(8-9-21(17)40-23)39-15-24(35)33-31/h8-9,12-14,32H,10-11,15,31H2,1-7H3,(H,33,35). The Hall–Kier alpha value is -4.29. The molecule has 0 bridgehead atoms. The van der Waals surface area contributed by atoms with Gasteiger partial charge < -0.3 is 28.2 Å². The smallest absolute Gasteiger partial charge is 0.340 e. The number of anilines is 1. The fourth-order valence-electron chi connectivity index (χ4n) is 4.98. The van der Waals surface area contributed by atoms with Gasteiger partial charge >= 0.3 is 5.97 Å². The number of benzene rings is 2. The van der Waals surface area contributed by atoms with Gasteiger partial charge in [-0.15, -0.1) is 0 Å². The number of aryl methyl sites for hydroxylation is 1. The Bertz CT molecular complexity index is 1730. The van der Waals surface area contributed by atoms with Crippen molar-refractivity contribution < 1.29 is 32.7 Å². The summed E-state index contributed by atoms with van der Waals surface area (Å²) in [5.74, 6) is 5.06. The first-order valence-electron chi connectivity index (χ1n) is 13.7. The molecule has 0 aliphatic carbocycles. The Kier molecular flexibility index (Phi) is 7.31. The van der Waals surface area contributed by atoms with E-state index < -0.39 is 20.2 Å². The number of fused-ring (bicyclic) bond motifs is 4. The Morgan fingerprint density at radius 1 is 1.17 bits per heavy atom. The summed E-state index contributed by atoms with van der Waals surface area (Å²) in [5.41, 5.74) is 5.90. The van der Waals surface area contributed by atoms with Crippen LogP contribution in [0.1, 0.15) is 52.9 Å². The fraction of sp³-hybridized carbons (Fsp3) is 0.367. The number of nitrogens with zero attached hydrogens (tertiary/aromatic N) is 1. The van der Waals surface area contributed by atoms with Crippen molar-refractivity contribution >= 4 is 53.7 Å². The lowest BCUT2D eigenvalue weighted by atomic mass is 10.0. The number of H-pyrrole nitrogens is 1. The van der Waals surface area contributed by atoms with Crippen LogP contribution in [0.25, 0.3) is 21.9 Å². The molecule has 2 aromatic carbocycles. The predicted molar refractivity (Wildman–Crippen MR) is 162 cm³/mol. The van der Waals surface area contributed by atoms with Gasteiger partial charge in [-0.1, -0.05) is 20.8 Å². The summed E-state index contributed by atoms with van der Waals surface area (Å²) in [6, 6.07) is 8.57. The molecule has 4 aromatic rings. The van der Waals surface area contributed by atoms with Crippen molar-refractivity contribution in [2.24, 2.45) is 5.84 Å². The minimum Gasteiger partial charge on any atom is -0.542 e. The molecule has 2 aromatic heterocycles. The average Bonchev–Trinajstić information content (AvgIpc) is 3.64. The van der Waals surface area contributed by atoms with Crippen LogP contribution in [0, 0.1) is 6.92 Å². The second-order valence-electron chi connectivity index (χ2n) is 12.0. The van der Waals surface area contributed by atoms with Gasteiger partial charge in [-0.2, -0.15) is 0 Å². The van der Waals surface area contributed by atoms with Crippen LogP contribution in [-0.4, -0.2) is 51.3 Å². The van der Waals surface area contributed by atoms with Crippen LogP contribution in [0.3, 0.4) is 0 Å². The summed E-state index contributed by atoms with van der Waals surface area (Å²) in [5, 5.41) is 1.29. The molecular weight excluding hydrogens is 556 g/mol. The summed E-state index contributed by atoms with van der Waals surface area (Å²) >= 11 is 0. The molecule has 11 nitrogen and oxygen atoms in total. The predicted octanol–water partition coefficient (Wildman–Crippen LogP) is 4.96. The normalized spacial score (nSPS) is 13.4. The van der Waals surface area contributed by atoms with E-state index in [2.05, 4.69) is 38.8 Å². The molecule has 0 unspecified atom stereocenters. The van der Waals surface area contributed by atoms with Crippen molar-refractivity contribution in [3.63, 3.8) is 0 Å². The summed E-state index contributed by atoms with van der Waals surface area (Å²) in [6.07, 6.45) is 0.542. The molecule has 2 amide bonds. The number of hydrogen-bond acceptors (Lipinski definition) is 8. The highest BCUT2D eigenvalue weighted by atomic mass is 28.4. The van der Waals surface area contributed by atoms with Gasteiger partial charge in [0, 0.05) is 29.1 Å². The average molecular weight is 593 g/mol. The van der Waals surface area contributed by atoms with Gasteiger partial charge in [-0.25, -0.2) is 10.6 Å². The number of carbonyl (C=O) groups excluding carboxylic acids is 3. The number of nitrogens with two attached hydrogens (primary N) is 1. The van der Waals surface area contributed by atoms with Crippen molar-refractivity contribution in [1.82, 2.24) is 10.4 Å². The zero-order valence-electron chi connectivity index (χ0n) is 24.9. The topological polar surface area (TPSA) is 149 Å². The van der Waals surface area contributed by atoms with Crippen molar-refractivity contribution in [3.05, 3.63) is 52.9 Å². The Morgan fingerprint density at radius 3 is 2.57 bits per heavy atom. The van der Waals surface area contributed by atoms with E-state index in [-0.39, 0.29) is 23.3 Å². The van der Waals surface area contributed by atoms with Crippen LogP contribution in [0.4, 0.5) is 5.69 Å². The monoisotopic (exact) mass is 592 g/mol. The minimum atomic E-state index is -2.30. The first-order valence-corrected chi connectivity index (χ1v) is 16.6. The van der Waals surface area contributed by atoms with Crippen LogP contribution in [0.5, 0.6) is 11.5 Å². The maximum Gasteiger partial charge on any atom is 0.340 e.